The van der Waals surface area contributed by atoms with Gasteiger partial charge in [0.1, 0.15) is 0 Å². The molecule has 1 unspecified atom stereocenters. The molecular weight excluding hydrogens is 226 g/mol. The Balaban J connectivity index is 2.20. The van der Waals surface area contributed by atoms with Crippen LogP contribution < -0.4 is 5.73 Å². The maximum atomic E-state index is 11.6. The predicted octanol–water partition coefficient (Wildman–Crippen LogP) is 0.444. The lowest BCUT2D eigenvalue weighted by Gasteiger charge is -2.59. The number of aliphatic hydroxyl groups is 1. The molecule has 1 aliphatic carbocycles. The van der Waals surface area contributed by atoms with Crippen LogP contribution in [0.15, 0.2) is 0 Å². The van der Waals surface area contributed by atoms with Crippen molar-refractivity contribution in [3.63, 3.8) is 0 Å². The number of nitrogens with two attached hydrogens (primary N) is 1. The Labute approximate surface area is 97.1 Å². The fourth-order valence-corrected chi connectivity index (χ4v) is 5.32. The second-order valence-corrected chi connectivity index (χ2v) is 8.59. The Morgan fingerprint density at radius 2 is 1.81 bits per heavy atom. The van der Waals surface area contributed by atoms with E-state index in [1.807, 2.05) is 0 Å². The molecule has 2 rings (SSSR count). The van der Waals surface area contributed by atoms with Crippen LogP contribution in [0, 0.1) is 5.41 Å². The van der Waals surface area contributed by atoms with Gasteiger partial charge in [0, 0.05) is 0 Å². The van der Waals surface area contributed by atoms with E-state index in [1.54, 1.807) is 0 Å². The van der Waals surface area contributed by atoms with Gasteiger partial charge in [-0.2, -0.15) is 0 Å². The van der Waals surface area contributed by atoms with Crippen LogP contribution in [0.5, 0.6) is 0 Å². The highest BCUT2D eigenvalue weighted by atomic mass is 32.2. The van der Waals surface area contributed by atoms with Crippen LogP contribution in [-0.2, 0) is 9.84 Å². The Morgan fingerprint density at radius 3 is 2.25 bits per heavy atom. The first-order valence-electron chi connectivity index (χ1n) is 5.79. The lowest BCUT2D eigenvalue weighted by atomic mass is 9.54. The van der Waals surface area contributed by atoms with Gasteiger partial charge in [0.2, 0.25) is 0 Å². The molecule has 1 saturated heterocycles. The van der Waals surface area contributed by atoms with E-state index in [0.29, 0.717) is 25.7 Å². The van der Waals surface area contributed by atoms with Crippen LogP contribution in [-0.4, -0.2) is 36.2 Å². The van der Waals surface area contributed by atoms with Crippen LogP contribution in [0.25, 0.3) is 0 Å². The van der Waals surface area contributed by atoms with Crippen molar-refractivity contribution in [2.24, 2.45) is 11.1 Å². The van der Waals surface area contributed by atoms with E-state index in [4.69, 9.17) is 5.73 Å². The molecule has 0 spiro atoms. The van der Waals surface area contributed by atoms with Crippen molar-refractivity contribution < 1.29 is 13.5 Å². The van der Waals surface area contributed by atoms with Crippen molar-refractivity contribution in [2.45, 2.75) is 50.7 Å². The molecule has 2 aliphatic rings. The summed E-state index contributed by atoms with van der Waals surface area (Å²) in [7, 11) is -3.07. The third-order valence-corrected chi connectivity index (χ3v) is 5.89. The topological polar surface area (TPSA) is 80.4 Å². The maximum absolute atomic E-state index is 11.6. The van der Waals surface area contributed by atoms with E-state index in [-0.39, 0.29) is 16.9 Å². The maximum Gasteiger partial charge on any atom is 0.152 e. The number of sulfone groups is 1. The van der Waals surface area contributed by atoms with E-state index >= 15 is 0 Å². The Kier molecular flexibility index (Phi) is 2.47. The van der Waals surface area contributed by atoms with Gasteiger partial charge in [0.25, 0.3) is 0 Å². The zero-order chi connectivity index (χ0) is 12.2. The lowest BCUT2D eigenvalue weighted by molar-refractivity contribution is -0.158. The second kappa shape index (κ2) is 3.21. The third kappa shape index (κ3) is 1.89. The Bertz CT molecular complexity index is 393. The summed E-state index contributed by atoms with van der Waals surface area (Å²) in [5, 5.41) is 10.5. The molecule has 0 aromatic heterocycles. The minimum atomic E-state index is -3.07. The first kappa shape index (κ1) is 12.3. The van der Waals surface area contributed by atoms with Gasteiger partial charge in [-0.3, -0.25) is 0 Å². The third-order valence-electron chi connectivity index (χ3n) is 4.02. The summed E-state index contributed by atoms with van der Waals surface area (Å²) < 4.78 is 23.2. The molecule has 0 aromatic carbocycles. The molecule has 5 heteroatoms. The van der Waals surface area contributed by atoms with Gasteiger partial charge < -0.3 is 10.8 Å². The Hall–Kier alpha value is -0.130. The fraction of sp³-hybridized carbons (Fsp3) is 1.00. The van der Waals surface area contributed by atoms with E-state index in [2.05, 4.69) is 13.8 Å². The van der Waals surface area contributed by atoms with Crippen molar-refractivity contribution in [1.29, 1.82) is 0 Å². The smallest absolute Gasteiger partial charge is 0.152 e. The predicted molar refractivity (Wildman–Crippen MR) is 62.8 cm³/mol. The van der Waals surface area contributed by atoms with Crippen LogP contribution in [0.1, 0.15) is 39.5 Å². The minimum Gasteiger partial charge on any atom is -0.388 e. The molecule has 0 amide bonds. The molecule has 2 fully saturated rings. The summed E-state index contributed by atoms with van der Waals surface area (Å²) in [4.78, 5) is 0. The van der Waals surface area contributed by atoms with Crippen molar-refractivity contribution in [1.82, 2.24) is 0 Å². The fourth-order valence-electron chi connectivity index (χ4n) is 3.39. The first-order chi connectivity index (χ1) is 7.08. The first-order valence-corrected chi connectivity index (χ1v) is 7.62. The zero-order valence-corrected chi connectivity index (χ0v) is 10.8. The summed E-state index contributed by atoms with van der Waals surface area (Å²) in [6.45, 7) is 4.14. The van der Waals surface area contributed by atoms with E-state index < -0.39 is 21.0 Å². The monoisotopic (exact) mass is 247 g/mol. The molecule has 1 aliphatic heterocycles. The molecule has 0 radical (unpaired) electrons. The molecule has 4 nitrogen and oxygen atoms in total. The number of rotatable bonds is 1. The molecule has 94 valence electrons. The largest absolute Gasteiger partial charge is 0.388 e. The number of hydrogen-bond donors (Lipinski definition) is 2. The molecule has 1 saturated carbocycles. The second-order valence-electron chi connectivity index (χ2n) is 6.40. The van der Waals surface area contributed by atoms with E-state index in [1.165, 1.54) is 0 Å². The summed E-state index contributed by atoms with van der Waals surface area (Å²) in [6, 6.07) is 0. The van der Waals surface area contributed by atoms with Gasteiger partial charge in [-0.15, -0.1) is 0 Å². The summed E-state index contributed by atoms with van der Waals surface area (Å²) in [6.07, 6.45) is 2.39. The zero-order valence-electron chi connectivity index (χ0n) is 9.99. The van der Waals surface area contributed by atoms with Gasteiger partial charge in [-0.05, 0) is 31.1 Å². The highest BCUT2D eigenvalue weighted by Crippen LogP contribution is 2.54. The summed E-state index contributed by atoms with van der Waals surface area (Å²) in [5.74, 6) is 0.151. The highest BCUT2D eigenvalue weighted by Gasteiger charge is 2.60. The van der Waals surface area contributed by atoms with Crippen LogP contribution in [0.4, 0.5) is 0 Å². The van der Waals surface area contributed by atoms with Crippen LogP contribution in [0.2, 0.25) is 0 Å². The molecule has 0 bridgehead atoms. The van der Waals surface area contributed by atoms with Gasteiger partial charge in [-0.25, -0.2) is 8.42 Å². The molecule has 16 heavy (non-hydrogen) atoms. The van der Waals surface area contributed by atoms with E-state index in [9.17, 15) is 13.5 Å². The molecule has 0 aromatic rings. The van der Waals surface area contributed by atoms with Gasteiger partial charge >= 0.3 is 0 Å². The number of hydrogen-bond acceptors (Lipinski definition) is 4. The van der Waals surface area contributed by atoms with Crippen molar-refractivity contribution in [3.05, 3.63) is 0 Å². The van der Waals surface area contributed by atoms with Gasteiger partial charge in [0.15, 0.2) is 9.84 Å². The van der Waals surface area contributed by atoms with Gasteiger partial charge in [-0.1, -0.05) is 13.8 Å². The normalized spacial score (nSPS) is 40.0. The lowest BCUT2D eigenvalue weighted by Crippen LogP contribution is -2.72. The minimum absolute atomic E-state index is 0.0629. The molecule has 1 atom stereocenters. The van der Waals surface area contributed by atoms with Crippen molar-refractivity contribution in [3.8, 4) is 0 Å². The average Bonchev–Trinajstić information content (AvgIpc) is 1.96. The summed E-state index contributed by atoms with van der Waals surface area (Å²) in [5.41, 5.74) is 4.34. The summed E-state index contributed by atoms with van der Waals surface area (Å²) >= 11 is 0. The van der Waals surface area contributed by atoms with Crippen molar-refractivity contribution in [2.75, 3.05) is 11.5 Å². The van der Waals surface area contributed by atoms with Crippen LogP contribution >= 0.6 is 0 Å². The SMILES string of the molecule is CC1(C)CC(O)(C2(N)CCCS(=O)(=O)C2)C1. The Morgan fingerprint density at radius 1 is 1.25 bits per heavy atom. The van der Waals surface area contributed by atoms with Crippen LogP contribution in [0.3, 0.4) is 0 Å². The average molecular weight is 247 g/mol. The highest BCUT2D eigenvalue weighted by molar-refractivity contribution is 7.91. The van der Waals surface area contributed by atoms with Gasteiger partial charge in [0.05, 0.1) is 22.6 Å². The van der Waals surface area contributed by atoms with Crippen molar-refractivity contribution >= 4 is 9.84 Å². The molecular formula is C11H21NO3S. The standard InChI is InChI=1S/C11H21NO3S/c1-9(2)6-11(13,7-9)10(12)4-3-5-16(14,15)8-10/h13H,3-8,12H2,1-2H3. The molecule has 3 N–H and O–H groups in total. The van der Waals surface area contributed by atoms with E-state index in [0.717, 1.165) is 0 Å². The molecule has 1 heterocycles. The quantitative estimate of drug-likeness (QED) is 0.704.